The highest BCUT2D eigenvalue weighted by Crippen LogP contribution is 2.49. The van der Waals surface area contributed by atoms with E-state index in [4.69, 9.17) is 4.65 Å². The van der Waals surface area contributed by atoms with Gasteiger partial charge < -0.3 is 4.65 Å². The van der Waals surface area contributed by atoms with Gasteiger partial charge in [0.15, 0.2) is 0 Å². The molecule has 4 aromatic rings. The zero-order valence-corrected chi connectivity index (χ0v) is 23.9. The highest BCUT2D eigenvalue weighted by atomic mass is 16.5. The Morgan fingerprint density at radius 2 is 1.33 bits per heavy atom. The van der Waals surface area contributed by atoms with Crippen molar-refractivity contribution < 1.29 is 4.65 Å². The maximum Gasteiger partial charge on any atom is 0.309 e. The van der Waals surface area contributed by atoms with Crippen LogP contribution in [0.4, 0.5) is 0 Å². The lowest BCUT2D eigenvalue weighted by Gasteiger charge is -2.39. The fraction of sp³-hybridized carbons (Fsp3) is 0.297. The molecule has 0 heterocycles. The monoisotopic (exact) mass is 508 g/mol. The number of rotatable bonds is 4. The minimum absolute atomic E-state index is 0.0911. The van der Waals surface area contributed by atoms with E-state index >= 15 is 0 Å². The van der Waals surface area contributed by atoms with E-state index in [1.807, 2.05) is 0 Å². The van der Waals surface area contributed by atoms with E-state index in [2.05, 4.69) is 113 Å². The third kappa shape index (κ3) is 4.04. The van der Waals surface area contributed by atoms with Gasteiger partial charge in [-0.05, 0) is 112 Å². The SMILES string of the molecule is CC(C)(C)C(C)(C)OBc1ccc2c(c1)CCC=C2c1ccc2c(c1)Cc1ccc3c(c1-2)-c1ccccc1C3. The molecule has 0 radical (unpaired) electrons. The third-order valence-electron chi connectivity index (χ3n) is 9.74. The average molecular weight is 509 g/mol. The molecule has 3 aliphatic rings. The zero-order chi connectivity index (χ0) is 26.9. The number of hydrogen-bond acceptors (Lipinski definition) is 1. The van der Waals surface area contributed by atoms with E-state index in [0.29, 0.717) is 7.48 Å². The van der Waals surface area contributed by atoms with Gasteiger partial charge in [-0.15, -0.1) is 0 Å². The highest BCUT2D eigenvalue weighted by molar-refractivity contribution is 6.47. The van der Waals surface area contributed by atoms with E-state index < -0.39 is 0 Å². The molecular formula is C37H37BO. The first-order valence-corrected chi connectivity index (χ1v) is 14.5. The van der Waals surface area contributed by atoms with Crippen LogP contribution in [0.2, 0.25) is 0 Å². The predicted molar refractivity (Wildman–Crippen MR) is 166 cm³/mol. The molecule has 39 heavy (non-hydrogen) atoms. The topological polar surface area (TPSA) is 9.23 Å². The van der Waals surface area contributed by atoms with Gasteiger partial charge in [0.2, 0.25) is 0 Å². The Morgan fingerprint density at radius 3 is 2.10 bits per heavy atom. The van der Waals surface area contributed by atoms with Crippen molar-refractivity contribution >= 4 is 18.5 Å². The highest BCUT2D eigenvalue weighted by Gasteiger charge is 2.33. The number of hydrogen-bond donors (Lipinski definition) is 0. The Bertz CT molecular complexity index is 1660. The first kappa shape index (κ1) is 24.7. The molecule has 0 N–H and O–H groups in total. The Kier molecular flexibility index (Phi) is 5.59. The lowest BCUT2D eigenvalue weighted by Crippen LogP contribution is -2.42. The maximum atomic E-state index is 6.40. The summed E-state index contributed by atoms with van der Waals surface area (Å²) in [6, 6.07) is 27.9. The molecule has 2 heteroatoms. The molecule has 3 aliphatic carbocycles. The summed E-state index contributed by atoms with van der Waals surface area (Å²) < 4.78 is 6.40. The first-order chi connectivity index (χ1) is 18.7. The molecule has 0 saturated heterocycles. The molecule has 4 aromatic carbocycles. The van der Waals surface area contributed by atoms with Gasteiger partial charge in [-0.2, -0.15) is 0 Å². The van der Waals surface area contributed by atoms with Gasteiger partial charge in [0, 0.05) is 0 Å². The summed E-state index contributed by atoms with van der Waals surface area (Å²) in [5.74, 6) is 0. The maximum absolute atomic E-state index is 6.40. The smallest absolute Gasteiger partial charge is 0.309 e. The van der Waals surface area contributed by atoms with Crippen LogP contribution >= 0.6 is 0 Å². The third-order valence-corrected chi connectivity index (χ3v) is 9.74. The van der Waals surface area contributed by atoms with E-state index in [1.54, 1.807) is 0 Å². The van der Waals surface area contributed by atoms with E-state index in [0.717, 1.165) is 25.7 Å². The quantitative estimate of drug-likeness (QED) is 0.219. The number of aryl methyl sites for hydroxylation is 1. The van der Waals surface area contributed by atoms with Crippen molar-refractivity contribution in [1.82, 2.24) is 0 Å². The van der Waals surface area contributed by atoms with E-state index in [1.165, 1.54) is 72.2 Å². The normalized spacial score (nSPS) is 15.2. The van der Waals surface area contributed by atoms with Crippen molar-refractivity contribution in [2.45, 2.75) is 65.9 Å². The van der Waals surface area contributed by atoms with Crippen molar-refractivity contribution in [2.75, 3.05) is 0 Å². The van der Waals surface area contributed by atoms with Gasteiger partial charge in [0.05, 0.1) is 5.60 Å². The van der Waals surface area contributed by atoms with E-state index in [9.17, 15) is 0 Å². The molecule has 0 unspecified atom stereocenters. The predicted octanol–water partition coefficient (Wildman–Crippen LogP) is 8.03. The summed E-state index contributed by atoms with van der Waals surface area (Å²) in [5.41, 5.74) is 18.4. The van der Waals surface area contributed by atoms with Gasteiger partial charge in [-0.25, -0.2) is 0 Å². The Balaban J connectivity index is 1.19. The Labute approximate surface area is 234 Å². The summed E-state index contributed by atoms with van der Waals surface area (Å²) in [4.78, 5) is 0. The van der Waals surface area contributed by atoms with Crippen molar-refractivity contribution in [2.24, 2.45) is 5.41 Å². The van der Waals surface area contributed by atoms with Crippen molar-refractivity contribution in [3.8, 4) is 22.3 Å². The molecule has 0 bridgehead atoms. The molecule has 0 aliphatic heterocycles. The second-order valence-corrected chi connectivity index (χ2v) is 13.2. The van der Waals surface area contributed by atoms with Gasteiger partial charge >= 0.3 is 7.48 Å². The molecule has 0 saturated carbocycles. The van der Waals surface area contributed by atoms with Crippen LogP contribution in [0.15, 0.2) is 78.9 Å². The minimum atomic E-state index is -0.182. The molecule has 0 atom stereocenters. The van der Waals surface area contributed by atoms with Crippen LogP contribution in [0.25, 0.3) is 27.8 Å². The molecule has 0 amide bonds. The van der Waals surface area contributed by atoms with Crippen LogP contribution in [0.3, 0.4) is 0 Å². The van der Waals surface area contributed by atoms with Crippen molar-refractivity contribution in [3.63, 3.8) is 0 Å². The standard InChI is InChI=1S/C37H37BO/c1-36(2,3)37(4,5)39-38-29-16-18-31-24(22-29)10-8-12-30(31)25-15-17-33-28(20-25)21-27-14-13-26-19-23-9-6-7-11-32(23)34(26)35(27)33/h6-7,9,11-18,20,22,38H,8,10,19,21H2,1-5H3. The van der Waals surface area contributed by atoms with Crippen LogP contribution in [-0.4, -0.2) is 13.1 Å². The molecule has 0 aromatic heterocycles. The Hall–Kier alpha value is -3.36. The number of allylic oxidation sites excluding steroid dienone is 1. The van der Waals surface area contributed by atoms with Crippen molar-refractivity contribution in [1.29, 1.82) is 0 Å². The summed E-state index contributed by atoms with van der Waals surface area (Å²) in [6.45, 7) is 11.1. The van der Waals surface area contributed by atoms with Gasteiger partial charge in [-0.3, -0.25) is 0 Å². The lowest BCUT2D eigenvalue weighted by atomic mass is 9.75. The fourth-order valence-electron chi connectivity index (χ4n) is 6.52. The van der Waals surface area contributed by atoms with Gasteiger partial charge in [0.25, 0.3) is 0 Å². The van der Waals surface area contributed by atoms with Crippen LogP contribution in [0.1, 0.15) is 80.0 Å². The molecular weight excluding hydrogens is 471 g/mol. The van der Waals surface area contributed by atoms with Crippen molar-refractivity contribution in [3.05, 3.63) is 118 Å². The number of benzene rings is 4. The molecule has 0 spiro atoms. The second kappa shape index (κ2) is 8.83. The largest absolute Gasteiger partial charge is 0.429 e. The van der Waals surface area contributed by atoms with E-state index in [-0.39, 0.29) is 11.0 Å². The van der Waals surface area contributed by atoms with Gasteiger partial charge in [0.1, 0.15) is 0 Å². The zero-order valence-electron chi connectivity index (χ0n) is 23.9. The average Bonchev–Trinajstić information content (AvgIpc) is 3.48. The molecule has 1 nitrogen and oxygen atoms in total. The van der Waals surface area contributed by atoms with Crippen LogP contribution < -0.4 is 5.46 Å². The first-order valence-electron chi connectivity index (χ1n) is 14.5. The Morgan fingerprint density at radius 1 is 0.641 bits per heavy atom. The van der Waals surface area contributed by atoms with Crippen LogP contribution in [0, 0.1) is 5.41 Å². The molecule has 7 rings (SSSR count). The summed E-state index contributed by atoms with van der Waals surface area (Å²) in [7, 11) is 0.654. The summed E-state index contributed by atoms with van der Waals surface area (Å²) >= 11 is 0. The molecule has 0 fully saturated rings. The lowest BCUT2D eigenvalue weighted by molar-refractivity contribution is 0.00504. The molecule has 194 valence electrons. The fourth-order valence-corrected chi connectivity index (χ4v) is 6.52. The van der Waals surface area contributed by atoms with Gasteiger partial charge in [-0.1, -0.05) is 105 Å². The summed E-state index contributed by atoms with van der Waals surface area (Å²) in [6.07, 6.45) is 6.70. The second-order valence-electron chi connectivity index (χ2n) is 13.2. The number of fused-ring (bicyclic) bond motifs is 8. The minimum Gasteiger partial charge on any atom is -0.429 e. The van der Waals surface area contributed by atoms with Crippen LogP contribution in [-0.2, 0) is 23.9 Å². The summed E-state index contributed by atoms with van der Waals surface area (Å²) in [5, 5.41) is 0. The van der Waals surface area contributed by atoms with Crippen LogP contribution in [0.5, 0.6) is 0 Å².